The Labute approximate surface area is 137 Å². The summed E-state index contributed by atoms with van der Waals surface area (Å²) in [5, 5.41) is 11.2. The fourth-order valence-electron chi connectivity index (χ4n) is 2.90. The molecule has 0 atom stereocenters. The molecule has 0 fully saturated rings. The number of aromatic nitrogens is 2. The number of fused-ring (bicyclic) bond motifs is 3. The number of hydrogen-bond acceptors (Lipinski definition) is 3. The van der Waals surface area contributed by atoms with Gasteiger partial charge in [0.1, 0.15) is 5.75 Å². The van der Waals surface area contributed by atoms with Crippen LogP contribution in [0, 0.1) is 0 Å². The maximum atomic E-state index is 11.0. The van der Waals surface area contributed by atoms with Gasteiger partial charge in [-0.15, -0.1) is 0 Å². The lowest BCUT2D eigenvalue weighted by atomic mass is 10.0. The summed E-state index contributed by atoms with van der Waals surface area (Å²) in [5.41, 5.74) is 3.66. The maximum absolute atomic E-state index is 11.0. The molecule has 0 saturated carbocycles. The second kappa shape index (κ2) is 5.38. The molecule has 0 unspecified atom stereocenters. The van der Waals surface area contributed by atoms with Gasteiger partial charge in [-0.2, -0.15) is 0 Å². The first kappa shape index (κ1) is 14.3. The molecule has 4 aromatic rings. The quantitative estimate of drug-likeness (QED) is 0.596. The number of hydrogen-bond donors (Lipinski definition) is 2. The highest BCUT2D eigenvalue weighted by Crippen LogP contribution is 2.33. The van der Waals surface area contributed by atoms with Gasteiger partial charge in [0.25, 0.3) is 0 Å². The average Bonchev–Trinajstić information content (AvgIpc) is 3.10. The van der Waals surface area contributed by atoms with Crippen LogP contribution in [-0.4, -0.2) is 28.2 Å². The molecule has 0 radical (unpaired) electrons. The predicted molar refractivity (Wildman–Crippen MR) is 92.5 cm³/mol. The first-order valence-corrected chi connectivity index (χ1v) is 7.46. The summed E-state index contributed by atoms with van der Waals surface area (Å²) in [5.74, 6) is -0.195. The third-order valence-corrected chi connectivity index (χ3v) is 4.12. The van der Waals surface area contributed by atoms with Gasteiger partial charge in [0.2, 0.25) is 0 Å². The lowest BCUT2D eigenvalue weighted by Crippen LogP contribution is -1.96. The molecule has 2 N–H and O–H groups in total. The number of ether oxygens (including phenoxy) is 1. The van der Waals surface area contributed by atoms with Gasteiger partial charge in [-0.25, -0.2) is 9.78 Å². The molecule has 0 amide bonds. The fraction of sp³-hybridized carbons (Fsp3) is 0.0526. The Balaban J connectivity index is 1.98. The summed E-state index contributed by atoms with van der Waals surface area (Å²) in [6.07, 6.45) is 1.88. The molecular weight excluding hydrogens is 304 g/mol. The second-order valence-corrected chi connectivity index (χ2v) is 5.49. The van der Waals surface area contributed by atoms with E-state index in [0.29, 0.717) is 0 Å². The van der Waals surface area contributed by atoms with Crippen molar-refractivity contribution < 1.29 is 14.6 Å². The Morgan fingerprint density at radius 1 is 1.08 bits per heavy atom. The Morgan fingerprint density at radius 2 is 1.88 bits per heavy atom. The molecule has 0 aliphatic heterocycles. The van der Waals surface area contributed by atoms with Crippen LogP contribution in [0.2, 0.25) is 0 Å². The molecule has 0 aliphatic rings. The van der Waals surface area contributed by atoms with Crippen LogP contribution in [0.25, 0.3) is 33.1 Å². The summed E-state index contributed by atoms with van der Waals surface area (Å²) >= 11 is 0. The average molecular weight is 318 g/mol. The third kappa shape index (κ3) is 2.18. The zero-order valence-electron chi connectivity index (χ0n) is 12.9. The molecule has 5 nitrogen and oxygen atoms in total. The number of carboxylic acid groups (broad SMARTS) is 1. The minimum Gasteiger partial charge on any atom is -0.497 e. The second-order valence-electron chi connectivity index (χ2n) is 5.49. The van der Waals surface area contributed by atoms with Gasteiger partial charge in [0.05, 0.1) is 29.4 Å². The van der Waals surface area contributed by atoms with Gasteiger partial charge in [-0.3, -0.25) is 0 Å². The number of aromatic amines is 1. The number of carboxylic acids is 1. The van der Waals surface area contributed by atoms with Crippen molar-refractivity contribution >= 4 is 27.8 Å². The number of nitrogens with zero attached hydrogens (tertiary/aromatic N) is 1. The Hall–Kier alpha value is -3.34. The molecule has 2 aromatic heterocycles. The monoisotopic (exact) mass is 318 g/mol. The van der Waals surface area contributed by atoms with Crippen LogP contribution in [0.15, 0.2) is 54.7 Å². The summed E-state index contributed by atoms with van der Waals surface area (Å²) in [6.45, 7) is 0. The molecule has 4 rings (SSSR count). The molecule has 0 saturated heterocycles. The van der Waals surface area contributed by atoms with Gasteiger partial charge in [-0.1, -0.05) is 12.1 Å². The molecular formula is C19H14N2O3. The third-order valence-electron chi connectivity index (χ3n) is 4.12. The molecule has 2 heterocycles. The van der Waals surface area contributed by atoms with Crippen LogP contribution >= 0.6 is 0 Å². The minimum atomic E-state index is -0.942. The molecule has 0 bridgehead atoms. The van der Waals surface area contributed by atoms with Gasteiger partial charge in [0, 0.05) is 28.6 Å². The maximum Gasteiger partial charge on any atom is 0.335 e. The van der Waals surface area contributed by atoms with E-state index in [1.54, 1.807) is 31.4 Å². The van der Waals surface area contributed by atoms with Crippen LogP contribution in [0.5, 0.6) is 5.75 Å². The zero-order valence-corrected chi connectivity index (χ0v) is 12.9. The van der Waals surface area contributed by atoms with E-state index in [1.807, 2.05) is 30.5 Å². The highest BCUT2D eigenvalue weighted by molar-refractivity contribution is 6.09. The zero-order chi connectivity index (χ0) is 16.7. The number of carbonyl (C=O) groups is 1. The molecule has 24 heavy (non-hydrogen) atoms. The van der Waals surface area contributed by atoms with E-state index in [2.05, 4.69) is 4.98 Å². The van der Waals surface area contributed by atoms with Crippen molar-refractivity contribution in [3.8, 4) is 17.0 Å². The lowest BCUT2D eigenvalue weighted by molar-refractivity contribution is 0.0697. The van der Waals surface area contributed by atoms with Gasteiger partial charge in [0.15, 0.2) is 0 Å². The number of rotatable bonds is 3. The van der Waals surface area contributed by atoms with E-state index in [-0.39, 0.29) is 5.56 Å². The first-order valence-electron chi connectivity index (χ1n) is 7.46. The van der Waals surface area contributed by atoms with E-state index in [4.69, 9.17) is 14.8 Å². The molecule has 118 valence electrons. The number of nitrogens with one attached hydrogen (secondary N) is 1. The van der Waals surface area contributed by atoms with Crippen molar-refractivity contribution in [2.45, 2.75) is 0 Å². The Morgan fingerprint density at radius 3 is 2.58 bits per heavy atom. The van der Waals surface area contributed by atoms with E-state index in [9.17, 15) is 4.79 Å². The minimum absolute atomic E-state index is 0.254. The van der Waals surface area contributed by atoms with Crippen molar-refractivity contribution in [3.05, 3.63) is 60.3 Å². The number of benzene rings is 2. The number of aromatic carboxylic acids is 1. The summed E-state index contributed by atoms with van der Waals surface area (Å²) < 4.78 is 5.29. The lowest BCUT2D eigenvalue weighted by Gasteiger charge is -2.08. The SMILES string of the molecule is COc1ccc2c(c1)nc(-c1ccc(C(=O)O)cc1)c1[nH]ccc12. The smallest absolute Gasteiger partial charge is 0.335 e. The highest BCUT2D eigenvalue weighted by atomic mass is 16.5. The van der Waals surface area contributed by atoms with Crippen LogP contribution in [0.4, 0.5) is 0 Å². The summed E-state index contributed by atoms with van der Waals surface area (Å²) in [4.78, 5) is 19.0. The molecule has 0 spiro atoms. The standard InChI is InChI=1S/C19H14N2O3/c1-24-13-6-7-14-15-8-9-20-18(15)17(21-16(14)10-13)11-2-4-12(5-3-11)19(22)23/h2-10,20H,1H3,(H,22,23). The Kier molecular flexibility index (Phi) is 3.20. The summed E-state index contributed by atoms with van der Waals surface area (Å²) in [7, 11) is 1.63. The van der Waals surface area contributed by atoms with Gasteiger partial charge < -0.3 is 14.8 Å². The van der Waals surface area contributed by atoms with Crippen LogP contribution < -0.4 is 4.74 Å². The highest BCUT2D eigenvalue weighted by Gasteiger charge is 2.12. The van der Waals surface area contributed by atoms with Gasteiger partial charge in [-0.05, 0) is 30.3 Å². The van der Waals surface area contributed by atoms with Crippen molar-refractivity contribution in [2.75, 3.05) is 7.11 Å². The van der Waals surface area contributed by atoms with E-state index < -0.39 is 5.97 Å². The van der Waals surface area contributed by atoms with Crippen molar-refractivity contribution in [1.29, 1.82) is 0 Å². The van der Waals surface area contributed by atoms with E-state index >= 15 is 0 Å². The topological polar surface area (TPSA) is 75.2 Å². The van der Waals surface area contributed by atoms with Crippen molar-refractivity contribution in [3.63, 3.8) is 0 Å². The fourth-order valence-corrected chi connectivity index (χ4v) is 2.90. The molecule has 5 heteroatoms. The number of H-pyrrole nitrogens is 1. The molecule has 0 aliphatic carbocycles. The predicted octanol–water partition coefficient (Wildman–Crippen LogP) is 4.09. The number of pyridine rings is 1. The number of methoxy groups -OCH3 is 1. The van der Waals surface area contributed by atoms with E-state index in [1.165, 1.54) is 0 Å². The largest absolute Gasteiger partial charge is 0.497 e. The van der Waals surface area contributed by atoms with Gasteiger partial charge >= 0.3 is 5.97 Å². The van der Waals surface area contributed by atoms with Crippen molar-refractivity contribution in [1.82, 2.24) is 9.97 Å². The van der Waals surface area contributed by atoms with Crippen LogP contribution in [-0.2, 0) is 0 Å². The first-order chi connectivity index (χ1) is 11.7. The summed E-state index contributed by atoms with van der Waals surface area (Å²) in [6, 6.07) is 14.5. The normalized spacial score (nSPS) is 11.0. The van der Waals surface area contributed by atoms with Crippen molar-refractivity contribution in [2.24, 2.45) is 0 Å². The molecule has 2 aromatic carbocycles. The van der Waals surface area contributed by atoms with Crippen LogP contribution in [0.1, 0.15) is 10.4 Å². The van der Waals surface area contributed by atoms with E-state index in [0.717, 1.165) is 38.8 Å². The van der Waals surface area contributed by atoms with Crippen LogP contribution in [0.3, 0.4) is 0 Å². The Bertz CT molecular complexity index is 1070.